The predicted molar refractivity (Wildman–Crippen MR) is 66.4 cm³/mol. The van der Waals surface area contributed by atoms with Crippen LogP contribution in [-0.4, -0.2) is 29.2 Å². The first-order valence-corrected chi connectivity index (χ1v) is 5.97. The molecular formula is C12H17ClN2O. The van der Waals surface area contributed by atoms with Gasteiger partial charge in [-0.15, -0.1) is 0 Å². The summed E-state index contributed by atoms with van der Waals surface area (Å²) in [6, 6.07) is 6.23. The SMILES string of the molecule is Nc1cc(Cl)ccc1CN(CCO)C1CC1. The van der Waals surface area contributed by atoms with Crippen molar-refractivity contribution in [2.45, 2.75) is 25.4 Å². The number of halogens is 1. The molecule has 4 heteroatoms. The van der Waals surface area contributed by atoms with E-state index in [9.17, 15) is 0 Å². The molecule has 0 heterocycles. The maximum absolute atomic E-state index is 9.01. The van der Waals surface area contributed by atoms with E-state index in [-0.39, 0.29) is 6.61 Å². The predicted octanol–water partition coefficient (Wildman–Crippen LogP) is 1.88. The maximum atomic E-state index is 9.01. The normalized spacial score (nSPS) is 15.7. The minimum atomic E-state index is 0.198. The Labute approximate surface area is 101 Å². The smallest absolute Gasteiger partial charge is 0.0558 e. The van der Waals surface area contributed by atoms with Gasteiger partial charge in [0.2, 0.25) is 0 Å². The van der Waals surface area contributed by atoms with E-state index in [1.54, 1.807) is 6.07 Å². The van der Waals surface area contributed by atoms with Gasteiger partial charge in [-0.2, -0.15) is 0 Å². The molecule has 0 unspecified atom stereocenters. The third kappa shape index (κ3) is 2.88. The van der Waals surface area contributed by atoms with Gasteiger partial charge in [0.25, 0.3) is 0 Å². The molecule has 0 aliphatic heterocycles. The van der Waals surface area contributed by atoms with Crippen LogP contribution in [0.3, 0.4) is 0 Å². The number of benzene rings is 1. The number of rotatable bonds is 5. The first-order valence-electron chi connectivity index (χ1n) is 5.59. The summed E-state index contributed by atoms with van der Waals surface area (Å²) in [7, 11) is 0. The van der Waals surface area contributed by atoms with Gasteiger partial charge in [0.15, 0.2) is 0 Å². The van der Waals surface area contributed by atoms with E-state index in [1.807, 2.05) is 12.1 Å². The molecule has 0 atom stereocenters. The van der Waals surface area contributed by atoms with Crippen LogP contribution in [0.25, 0.3) is 0 Å². The fourth-order valence-corrected chi connectivity index (χ4v) is 2.07. The van der Waals surface area contributed by atoms with E-state index in [1.165, 1.54) is 12.8 Å². The van der Waals surface area contributed by atoms with Crippen LogP contribution in [0.5, 0.6) is 0 Å². The highest BCUT2D eigenvalue weighted by Gasteiger charge is 2.28. The van der Waals surface area contributed by atoms with E-state index in [0.29, 0.717) is 17.6 Å². The molecule has 2 rings (SSSR count). The number of nitrogens with two attached hydrogens (primary N) is 1. The molecule has 0 bridgehead atoms. The van der Waals surface area contributed by atoms with Crippen LogP contribution < -0.4 is 5.73 Å². The van der Waals surface area contributed by atoms with Crippen molar-refractivity contribution in [2.75, 3.05) is 18.9 Å². The molecule has 1 aromatic carbocycles. The summed E-state index contributed by atoms with van der Waals surface area (Å²) in [6.07, 6.45) is 2.46. The van der Waals surface area contributed by atoms with Crippen molar-refractivity contribution in [3.63, 3.8) is 0 Å². The van der Waals surface area contributed by atoms with Crippen LogP contribution in [-0.2, 0) is 6.54 Å². The molecule has 1 aliphatic rings. The Morgan fingerprint density at radius 3 is 2.75 bits per heavy atom. The van der Waals surface area contributed by atoms with Crippen LogP contribution in [0.2, 0.25) is 5.02 Å². The lowest BCUT2D eigenvalue weighted by Gasteiger charge is -2.21. The molecular weight excluding hydrogens is 224 g/mol. The molecule has 16 heavy (non-hydrogen) atoms. The molecule has 0 spiro atoms. The number of aliphatic hydroxyl groups excluding tert-OH is 1. The third-order valence-corrected chi connectivity index (χ3v) is 3.17. The third-order valence-electron chi connectivity index (χ3n) is 2.93. The van der Waals surface area contributed by atoms with Crippen molar-refractivity contribution in [1.82, 2.24) is 4.90 Å². The Balaban J connectivity index is 2.05. The molecule has 1 aromatic rings. The quantitative estimate of drug-likeness (QED) is 0.773. The summed E-state index contributed by atoms with van der Waals surface area (Å²) in [5.41, 5.74) is 7.73. The number of nitrogens with zero attached hydrogens (tertiary/aromatic N) is 1. The second kappa shape index (κ2) is 5.04. The average Bonchev–Trinajstić information content (AvgIpc) is 3.04. The standard InChI is InChI=1S/C12H17ClN2O/c13-10-2-1-9(12(14)7-10)8-15(5-6-16)11-3-4-11/h1-2,7,11,16H,3-6,8,14H2. The van der Waals surface area contributed by atoms with Crippen LogP contribution in [0.1, 0.15) is 18.4 Å². The maximum Gasteiger partial charge on any atom is 0.0558 e. The second-order valence-corrected chi connectivity index (χ2v) is 4.70. The van der Waals surface area contributed by atoms with Crippen LogP contribution >= 0.6 is 11.6 Å². The molecule has 0 radical (unpaired) electrons. The Morgan fingerprint density at radius 2 is 2.19 bits per heavy atom. The van der Waals surface area contributed by atoms with E-state index in [2.05, 4.69) is 4.90 Å². The zero-order chi connectivity index (χ0) is 11.5. The molecule has 3 N–H and O–H groups in total. The number of hydrogen-bond donors (Lipinski definition) is 2. The Morgan fingerprint density at radius 1 is 1.44 bits per heavy atom. The topological polar surface area (TPSA) is 49.5 Å². The zero-order valence-corrected chi connectivity index (χ0v) is 9.95. The van der Waals surface area contributed by atoms with E-state index >= 15 is 0 Å². The highest BCUT2D eigenvalue weighted by atomic mass is 35.5. The minimum absolute atomic E-state index is 0.198. The van der Waals surface area contributed by atoms with Crippen molar-refractivity contribution in [2.24, 2.45) is 0 Å². The van der Waals surface area contributed by atoms with E-state index < -0.39 is 0 Å². The van der Waals surface area contributed by atoms with Gasteiger partial charge in [0.05, 0.1) is 6.61 Å². The van der Waals surface area contributed by atoms with Crippen LogP contribution in [0.15, 0.2) is 18.2 Å². The first-order chi connectivity index (χ1) is 7.70. The van der Waals surface area contributed by atoms with Gasteiger partial charge < -0.3 is 10.8 Å². The van der Waals surface area contributed by atoms with Crippen LogP contribution in [0, 0.1) is 0 Å². The van der Waals surface area contributed by atoms with Gasteiger partial charge in [0.1, 0.15) is 0 Å². The van der Waals surface area contributed by atoms with Crippen LogP contribution in [0.4, 0.5) is 5.69 Å². The van der Waals surface area contributed by atoms with Gasteiger partial charge in [-0.05, 0) is 30.5 Å². The van der Waals surface area contributed by atoms with Crippen molar-refractivity contribution < 1.29 is 5.11 Å². The fourth-order valence-electron chi connectivity index (χ4n) is 1.89. The summed E-state index contributed by atoms with van der Waals surface area (Å²) in [6.45, 7) is 1.71. The Hall–Kier alpha value is -0.770. The van der Waals surface area contributed by atoms with E-state index in [4.69, 9.17) is 22.4 Å². The molecule has 1 saturated carbocycles. The van der Waals surface area contributed by atoms with Gasteiger partial charge in [-0.25, -0.2) is 0 Å². The number of aliphatic hydroxyl groups is 1. The summed E-state index contributed by atoms with van der Waals surface area (Å²) >= 11 is 5.86. The largest absolute Gasteiger partial charge is 0.398 e. The minimum Gasteiger partial charge on any atom is -0.398 e. The summed E-state index contributed by atoms with van der Waals surface area (Å²) in [4.78, 5) is 2.28. The summed E-state index contributed by atoms with van der Waals surface area (Å²) < 4.78 is 0. The number of hydrogen-bond acceptors (Lipinski definition) is 3. The van der Waals surface area contributed by atoms with Gasteiger partial charge >= 0.3 is 0 Å². The molecule has 0 saturated heterocycles. The second-order valence-electron chi connectivity index (χ2n) is 4.27. The monoisotopic (exact) mass is 240 g/mol. The molecule has 1 fully saturated rings. The van der Waals surface area contributed by atoms with Crippen molar-refractivity contribution in [3.8, 4) is 0 Å². The fraction of sp³-hybridized carbons (Fsp3) is 0.500. The lowest BCUT2D eigenvalue weighted by Crippen LogP contribution is -2.28. The Kier molecular flexibility index (Phi) is 3.69. The molecule has 3 nitrogen and oxygen atoms in total. The number of anilines is 1. The lowest BCUT2D eigenvalue weighted by atomic mass is 10.1. The highest BCUT2D eigenvalue weighted by Crippen LogP contribution is 2.29. The van der Waals surface area contributed by atoms with Crippen molar-refractivity contribution >= 4 is 17.3 Å². The molecule has 1 aliphatic carbocycles. The summed E-state index contributed by atoms with van der Waals surface area (Å²) in [5.74, 6) is 0. The van der Waals surface area contributed by atoms with Gasteiger partial charge in [-0.3, -0.25) is 4.90 Å². The molecule has 88 valence electrons. The highest BCUT2D eigenvalue weighted by molar-refractivity contribution is 6.30. The lowest BCUT2D eigenvalue weighted by molar-refractivity contribution is 0.183. The molecule has 0 aromatic heterocycles. The Bertz CT molecular complexity index is 366. The van der Waals surface area contributed by atoms with Crippen molar-refractivity contribution in [3.05, 3.63) is 28.8 Å². The van der Waals surface area contributed by atoms with Crippen molar-refractivity contribution in [1.29, 1.82) is 0 Å². The van der Waals surface area contributed by atoms with Gasteiger partial charge in [-0.1, -0.05) is 17.7 Å². The average molecular weight is 241 g/mol. The van der Waals surface area contributed by atoms with E-state index in [0.717, 1.165) is 17.8 Å². The molecule has 0 amide bonds. The van der Waals surface area contributed by atoms with Gasteiger partial charge in [0, 0.05) is 29.8 Å². The number of nitrogen functional groups attached to an aromatic ring is 1. The first kappa shape index (κ1) is 11.7. The zero-order valence-electron chi connectivity index (χ0n) is 9.19. The summed E-state index contributed by atoms with van der Waals surface area (Å²) in [5, 5.41) is 9.68.